The number of nitrogens with two attached hydrogens (primary N) is 1. The predicted octanol–water partition coefficient (Wildman–Crippen LogP) is -0.190. The molecule has 0 atom stereocenters. The number of amidine groups is 1. The van der Waals surface area contributed by atoms with Crippen molar-refractivity contribution in [2.24, 2.45) is 10.9 Å². The van der Waals surface area contributed by atoms with Gasteiger partial charge >= 0.3 is 18.0 Å². The summed E-state index contributed by atoms with van der Waals surface area (Å²) in [5.74, 6) is -2.32. The highest BCUT2D eigenvalue weighted by molar-refractivity contribution is 5.95. The van der Waals surface area contributed by atoms with E-state index in [2.05, 4.69) is 5.16 Å². The topological polar surface area (TPSA) is 153 Å². The Morgan fingerprint density at radius 2 is 1.77 bits per heavy atom. The van der Waals surface area contributed by atoms with Crippen molar-refractivity contribution < 1.29 is 38.5 Å². The molecule has 12 heteroatoms. The molecule has 0 radical (unpaired) electrons. The Balaban J connectivity index is 3.04. The van der Waals surface area contributed by atoms with Crippen LogP contribution in [-0.4, -0.2) is 97.9 Å². The molecule has 0 bridgehead atoms. The van der Waals surface area contributed by atoms with E-state index in [4.69, 9.17) is 24.8 Å². The summed E-state index contributed by atoms with van der Waals surface area (Å²) in [7, 11) is 3.31. The SMILES string of the molecule is CCOC(=O)/C=C(\O/N=C(\N)C1(OCCO)CCN(C(=O)N(C)C)CC1)C(=O)OCC. The quantitative estimate of drug-likeness (QED) is 0.117. The number of amides is 2. The van der Waals surface area contributed by atoms with Crippen molar-refractivity contribution in [2.45, 2.75) is 32.3 Å². The van der Waals surface area contributed by atoms with Gasteiger partial charge in [0.15, 0.2) is 5.84 Å². The van der Waals surface area contributed by atoms with Crippen molar-refractivity contribution in [1.29, 1.82) is 0 Å². The Bertz CT molecular complexity index is 684. The Hall–Kier alpha value is -2.86. The standard InChI is InChI=1S/C19H32N4O8/c1-5-28-15(25)13-14(16(26)29-6-2)31-21-17(20)19(30-12-11-24)7-9-23(10-8-19)18(27)22(3)4/h13,24H,5-12H2,1-4H3,(H2,20,21)/b14-13-. The van der Waals surface area contributed by atoms with Gasteiger partial charge in [-0.15, -0.1) is 0 Å². The van der Waals surface area contributed by atoms with Gasteiger partial charge in [0, 0.05) is 40.0 Å². The second-order valence-electron chi connectivity index (χ2n) is 6.78. The number of hydrogen-bond donors (Lipinski definition) is 2. The molecule has 0 aliphatic carbocycles. The first-order valence-corrected chi connectivity index (χ1v) is 9.98. The highest BCUT2D eigenvalue weighted by atomic mass is 16.7. The van der Waals surface area contributed by atoms with Gasteiger partial charge in [0.2, 0.25) is 5.76 Å². The van der Waals surface area contributed by atoms with Crippen LogP contribution in [0.1, 0.15) is 26.7 Å². The number of oxime groups is 1. The first kappa shape index (κ1) is 26.2. The Morgan fingerprint density at radius 3 is 2.29 bits per heavy atom. The van der Waals surface area contributed by atoms with Crippen LogP contribution in [0, 0.1) is 0 Å². The molecule has 0 spiro atoms. The molecule has 176 valence electrons. The maximum absolute atomic E-state index is 12.2. The van der Waals surface area contributed by atoms with Crippen LogP contribution >= 0.6 is 0 Å². The number of esters is 2. The number of carbonyl (C=O) groups excluding carboxylic acids is 3. The van der Waals surface area contributed by atoms with E-state index < -0.39 is 23.3 Å². The third kappa shape index (κ3) is 7.72. The smallest absolute Gasteiger partial charge is 0.377 e. The lowest BCUT2D eigenvalue weighted by Crippen LogP contribution is -2.56. The summed E-state index contributed by atoms with van der Waals surface area (Å²) in [6.45, 7) is 3.79. The Kier molecular flexibility index (Phi) is 10.8. The van der Waals surface area contributed by atoms with Crippen molar-refractivity contribution in [3.8, 4) is 0 Å². The van der Waals surface area contributed by atoms with Gasteiger partial charge in [-0.3, -0.25) is 0 Å². The van der Waals surface area contributed by atoms with E-state index in [0.717, 1.165) is 6.08 Å². The number of hydrogen-bond acceptors (Lipinski definition) is 9. The van der Waals surface area contributed by atoms with Crippen molar-refractivity contribution in [2.75, 3.05) is 53.6 Å². The predicted molar refractivity (Wildman–Crippen MR) is 110 cm³/mol. The van der Waals surface area contributed by atoms with E-state index in [1.807, 2.05) is 0 Å². The van der Waals surface area contributed by atoms with E-state index >= 15 is 0 Å². The van der Waals surface area contributed by atoms with Gasteiger partial charge in [0.25, 0.3) is 0 Å². The molecule has 12 nitrogen and oxygen atoms in total. The number of carbonyl (C=O) groups is 3. The number of ether oxygens (including phenoxy) is 3. The zero-order valence-electron chi connectivity index (χ0n) is 18.5. The third-order valence-electron chi connectivity index (χ3n) is 4.42. The fraction of sp³-hybridized carbons (Fsp3) is 0.684. The first-order valence-electron chi connectivity index (χ1n) is 9.98. The fourth-order valence-electron chi connectivity index (χ4n) is 2.85. The second kappa shape index (κ2) is 12.7. The first-order chi connectivity index (χ1) is 14.7. The summed E-state index contributed by atoms with van der Waals surface area (Å²) in [6, 6.07) is -0.149. The minimum Gasteiger partial charge on any atom is -0.463 e. The molecule has 0 aromatic heterocycles. The van der Waals surface area contributed by atoms with E-state index in [0.29, 0.717) is 25.9 Å². The second-order valence-corrected chi connectivity index (χ2v) is 6.78. The van der Waals surface area contributed by atoms with Crippen molar-refractivity contribution in [3.63, 3.8) is 0 Å². The lowest BCUT2D eigenvalue weighted by molar-refractivity contribution is -0.144. The van der Waals surface area contributed by atoms with Gasteiger partial charge in [-0.2, -0.15) is 0 Å². The molecule has 1 fully saturated rings. The summed E-state index contributed by atoms with van der Waals surface area (Å²) in [4.78, 5) is 44.2. The van der Waals surface area contributed by atoms with Crippen molar-refractivity contribution >= 4 is 23.8 Å². The number of piperidine rings is 1. The largest absolute Gasteiger partial charge is 0.463 e. The minimum absolute atomic E-state index is 0.0127. The Morgan fingerprint density at radius 1 is 1.16 bits per heavy atom. The van der Waals surface area contributed by atoms with E-state index in [1.54, 1.807) is 32.8 Å². The van der Waals surface area contributed by atoms with Gasteiger partial charge in [-0.1, -0.05) is 5.16 Å². The fourth-order valence-corrected chi connectivity index (χ4v) is 2.85. The zero-order chi connectivity index (χ0) is 23.4. The van der Waals surface area contributed by atoms with Crippen LogP contribution in [-0.2, 0) is 28.6 Å². The maximum Gasteiger partial charge on any atom is 0.377 e. The number of nitrogens with zero attached hydrogens (tertiary/aromatic N) is 3. The molecule has 0 aromatic rings. The highest BCUT2D eigenvalue weighted by Gasteiger charge is 2.41. The molecule has 0 aromatic carbocycles. The van der Waals surface area contributed by atoms with Gasteiger partial charge in [-0.25, -0.2) is 14.4 Å². The summed E-state index contributed by atoms with van der Waals surface area (Å²) >= 11 is 0. The molecule has 0 unspecified atom stereocenters. The van der Waals surface area contributed by atoms with Crippen LogP contribution in [0.3, 0.4) is 0 Å². The number of aliphatic hydroxyl groups excluding tert-OH is 1. The molecule has 1 aliphatic rings. The molecule has 3 N–H and O–H groups in total. The van der Waals surface area contributed by atoms with Gasteiger partial charge in [0.05, 0.1) is 32.5 Å². The summed E-state index contributed by atoms with van der Waals surface area (Å²) in [5.41, 5.74) is 5.01. The minimum atomic E-state index is -1.12. The zero-order valence-corrected chi connectivity index (χ0v) is 18.5. The monoisotopic (exact) mass is 444 g/mol. The van der Waals surface area contributed by atoms with Crippen LogP contribution in [0.25, 0.3) is 0 Å². The molecule has 2 amide bonds. The molecular weight excluding hydrogens is 412 g/mol. The van der Waals surface area contributed by atoms with Crippen LogP contribution in [0.15, 0.2) is 17.0 Å². The van der Waals surface area contributed by atoms with E-state index in [9.17, 15) is 19.5 Å². The van der Waals surface area contributed by atoms with Crippen LogP contribution < -0.4 is 5.73 Å². The van der Waals surface area contributed by atoms with E-state index in [1.165, 1.54) is 4.90 Å². The number of likely N-dealkylation sites (tertiary alicyclic amines) is 1. The number of rotatable bonds is 10. The highest BCUT2D eigenvalue weighted by Crippen LogP contribution is 2.28. The van der Waals surface area contributed by atoms with Crippen LogP contribution in [0.4, 0.5) is 4.79 Å². The van der Waals surface area contributed by atoms with Crippen LogP contribution in [0.5, 0.6) is 0 Å². The average Bonchev–Trinajstić information content (AvgIpc) is 2.75. The molecule has 31 heavy (non-hydrogen) atoms. The molecule has 1 heterocycles. The molecule has 1 aliphatic heterocycles. The third-order valence-corrected chi connectivity index (χ3v) is 4.42. The molecule has 1 saturated heterocycles. The number of urea groups is 1. The Labute approximate surface area is 181 Å². The van der Waals surface area contributed by atoms with Crippen molar-refractivity contribution in [3.05, 3.63) is 11.8 Å². The number of aliphatic hydroxyl groups is 1. The van der Waals surface area contributed by atoms with Gasteiger partial charge < -0.3 is 39.7 Å². The van der Waals surface area contributed by atoms with E-state index in [-0.39, 0.29) is 38.3 Å². The molecule has 1 rings (SSSR count). The van der Waals surface area contributed by atoms with Crippen LogP contribution in [0.2, 0.25) is 0 Å². The molecular formula is C19H32N4O8. The van der Waals surface area contributed by atoms with Crippen molar-refractivity contribution in [1.82, 2.24) is 9.80 Å². The lowest BCUT2D eigenvalue weighted by Gasteiger charge is -2.41. The van der Waals surface area contributed by atoms with Gasteiger partial charge in [-0.05, 0) is 13.8 Å². The summed E-state index contributed by atoms with van der Waals surface area (Å²) in [5, 5.41) is 13.0. The molecule has 0 saturated carbocycles. The lowest BCUT2D eigenvalue weighted by atomic mass is 9.90. The average molecular weight is 444 g/mol. The summed E-state index contributed by atoms with van der Waals surface area (Å²) < 4.78 is 15.4. The summed E-state index contributed by atoms with van der Waals surface area (Å²) in [6.07, 6.45) is 1.40. The normalized spacial score (nSPS) is 16.5. The maximum atomic E-state index is 12.2. The van der Waals surface area contributed by atoms with Gasteiger partial charge in [0.1, 0.15) is 5.60 Å².